The summed E-state index contributed by atoms with van der Waals surface area (Å²) in [7, 11) is 0. The molecule has 0 saturated carbocycles. The summed E-state index contributed by atoms with van der Waals surface area (Å²) < 4.78 is 49.0. The van der Waals surface area contributed by atoms with E-state index in [4.69, 9.17) is 9.47 Å². The molecular formula is C17H13F3O3. The number of ether oxygens (including phenoxy) is 2. The molecule has 3 nitrogen and oxygen atoms in total. The van der Waals surface area contributed by atoms with Gasteiger partial charge in [-0.25, -0.2) is 4.79 Å². The van der Waals surface area contributed by atoms with E-state index in [0.717, 1.165) is 29.7 Å². The van der Waals surface area contributed by atoms with Gasteiger partial charge in [0.15, 0.2) is 0 Å². The minimum absolute atomic E-state index is 0.200. The molecule has 0 aromatic heterocycles. The molecule has 0 radical (unpaired) electrons. The molecular weight excluding hydrogens is 309 g/mol. The Labute approximate surface area is 130 Å². The Morgan fingerprint density at radius 1 is 1.09 bits per heavy atom. The van der Waals surface area contributed by atoms with Crippen LogP contribution in [0.15, 0.2) is 42.5 Å². The van der Waals surface area contributed by atoms with Gasteiger partial charge in [-0.05, 0) is 41.8 Å². The van der Waals surface area contributed by atoms with Gasteiger partial charge in [0, 0.05) is 0 Å². The number of esters is 1. The van der Waals surface area contributed by atoms with Crippen LogP contribution in [-0.4, -0.2) is 12.6 Å². The second-order valence-corrected chi connectivity index (χ2v) is 5.17. The van der Waals surface area contributed by atoms with Crippen molar-refractivity contribution in [2.24, 2.45) is 0 Å². The van der Waals surface area contributed by atoms with Gasteiger partial charge in [-0.1, -0.05) is 18.2 Å². The number of benzene rings is 2. The fourth-order valence-electron chi connectivity index (χ4n) is 2.44. The van der Waals surface area contributed by atoms with Crippen LogP contribution in [0.5, 0.6) is 5.75 Å². The van der Waals surface area contributed by atoms with Crippen LogP contribution in [0.4, 0.5) is 13.2 Å². The molecule has 0 saturated heterocycles. The van der Waals surface area contributed by atoms with E-state index in [1.807, 2.05) is 0 Å². The summed E-state index contributed by atoms with van der Waals surface area (Å²) in [6.07, 6.45) is -3.83. The SMILES string of the molecule is O=C(Oc1ccccc1C(F)(F)F)c1ccc2c(c1)COCC2. The molecule has 1 heterocycles. The lowest BCUT2D eigenvalue weighted by molar-refractivity contribution is -0.138. The topological polar surface area (TPSA) is 35.5 Å². The maximum absolute atomic E-state index is 12.9. The van der Waals surface area contributed by atoms with Crippen molar-refractivity contribution in [3.8, 4) is 5.75 Å². The van der Waals surface area contributed by atoms with Gasteiger partial charge in [0.25, 0.3) is 0 Å². The van der Waals surface area contributed by atoms with Crippen LogP contribution in [-0.2, 0) is 23.9 Å². The molecule has 0 unspecified atom stereocenters. The third-order valence-corrected chi connectivity index (χ3v) is 3.61. The molecule has 120 valence electrons. The lowest BCUT2D eigenvalue weighted by Crippen LogP contribution is -2.15. The van der Waals surface area contributed by atoms with E-state index in [1.54, 1.807) is 18.2 Å². The molecule has 2 aromatic carbocycles. The number of para-hydroxylation sites is 1. The van der Waals surface area contributed by atoms with E-state index in [1.165, 1.54) is 12.1 Å². The molecule has 23 heavy (non-hydrogen) atoms. The number of carbonyl (C=O) groups is 1. The van der Waals surface area contributed by atoms with Crippen LogP contribution in [0.1, 0.15) is 27.0 Å². The van der Waals surface area contributed by atoms with Crippen molar-refractivity contribution >= 4 is 5.97 Å². The van der Waals surface area contributed by atoms with Crippen molar-refractivity contribution in [3.63, 3.8) is 0 Å². The quantitative estimate of drug-likeness (QED) is 0.619. The Balaban J connectivity index is 1.85. The van der Waals surface area contributed by atoms with E-state index in [9.17, 15) is 18.0 Å². The number of fused-ring (bicyclic) bond motifs is 1. The van der Waals surface area contributed by atoms with Gasteiger partial charge in [0.05, 0.1) is 24.3 Å². The average Bonchev–Trinajstić information content (AvgIpc) is 2.54. The number of hydrogen-bond acceptors (Lipinski definition) is 3. The van der Waals surface area contributed by atoms with Crippen molar-refractivity contribution in [2.75, 3.05) is 6.61 Å². The van der Waals surface area contributed by atoms with E-state index in [-0.39, 0.29) is 5.56 Å². The molecule has 0 aliphatic carbocycles. The molecule has 2 aromatic rings. The highest BCUT2D eigenvalue weighted by Gasteiger charge is 2.34. The van der Waals surface area contributed by atoms with Gasteiger partial charge in [0.1, 0.15) is 5.75 Å². The minimum Gasteiger partial charge on any atom is -0.422 e. The van der Waals surface area contributed by atoms with Gasteiger partial charge in [-0.2, -0.15) is 13.2 Å². The number of carbonyl (C=O) groups excluding carboxylic acids is 1. The fraction of sp³-hybridized carbons (Fsp3) is 0.235. The third-order valence-electron chi connectivity index (χ3n) is 3.61. The first-order valence-electron chi connectivity index (χ1n) is 7.03. The van der Waals surface area contributed by atoms with Crippen molar-refractivity contribution in [1.29, 1.82) is 0 Å². The molecule has 0 fully saturated rings. The summed E-state index contributed by atoms with van der Waals surface area (Å²) in [5, 5.41) is 0. The second kappa shape index (κ2) is 6.04. The predicted octanol–water partition coefficient (Wildman–Crippen LogP) is 4.00. The van der Waals surface area contributed by atoms with Crippen LogP contribution in [0, 0.1) is 0 Å². The van der Waals surface area contributed by atoms with E-state index in [2.05, 4.69) is 0 Å². The molecule has 0 bridgehead atoms. The highest BCUT2D eigenvalue weighted by Crippen LogP contribution is 2.36. The fourth-order valence-corrected chi connectivity index (χ4v) is 2.44. The minimum atomic E-state index is -4.58. The largest absolute Gasteiger partial charge is 0.422 e. The van der Waals surface area contributed by atoms with Crippen molar-refractivity contribution in [3.05, 3.63) is 64.7 Å². The first-order valence-corrected chi connectivity index (χ1v) is 7.03. The zero-order valence-electron chi connectivity index (χ0n) is 12.0. The Morgan fingerprint density at radius 2 is 1.87 bits per heavy atom. The Kier molecular flexibility index (Phi) is 4.09. The summed E-state index contributed by atoms with van der Waals surface area (Å²) in [5.74, 6) is -1.32. The van der Waals surface area contributed by atoms with Crippen LogP contribution in [0.2, 0.25) is 0 Å². The number of alkyl halides is 3. The lowest BCUT2D eigenvalue weighted by Gasteiger charge is -2.17. The number of halogens is 3. The van der Waals surface area contributed by atoms with Crippen LogP contribution >= 0.6 is 0 Å². The zero-order chi connectivity index (χ0) is 16.4. The summed E-state index contributed by atoms with van der Waals surface area (Å²) in [6, 6.07) is 9.58. The Bertz CT molecular complexity index is 738. The van der Waals surface area contributed by atoms with Gasteiger partial charge < -0.3 is 9.47 Å². The van der Waals surface area contributed by atoms with Crippen LogP contribution < -0.4 is 4.74 Å². The average molecular weight is 322 g/mol. The van der Waals surface area contributed by atoms with Crippen LogP contribution in [0.3, 0.4) is 0 Å². The first kappa shape index (κ1) is 15.6. The predicted molar refractivity (Wildman–Crippen MR) is 76.2 cm³/mol. The molecule has 0 spiro atoms. The van der Waals surface area contributed by atoms with Crippen molar-refractivity contribution in [1.82, 2.24) is 0 Å². The summed E-state index contributed by atoms with van der Waals surface area (Å²) in [4.78, 5) is 12.1. The van der Waals surface area contributed by atoms with Gasteiger partial charge in [-0.15, -0.1) is 0 Å². The maximum atomic E-state index is 12.9. The monoisotopic (exact) mass is 322 g/mol. The van der Waals surface area contributed by atoms with E-state index < -0.39 is 23.5 Å². The van der Waals surface area contributed by atoms with E-state index >= 15 is 0 Å². The van der Waals surface area contributed by atoms with E-state index in [0.29, 0.717) is 13.2 Å². The molecule has 0 amide bonds. The molecule has 1 aliphatic heterocycles. The summed E-state index contributed by atoms with van der Waals surface area (Å²) in [5.41, 5.74) is 1.15. The molecule has 0 atom stereocenters. The van der Waals surface area contributed by atoms with Crippen molar-refractivity contribution in [2.45, 2.75) is 19.2 Å². The Morgan fingerprint density at radius 3 is 2.65 bits per heavy atom. The normalized spacial score (nSPS) is 14.2. The van der Waals surface area contributed by atoms with Crippen LogP contribution in [0.25, 0.3) is 0 Å². The van der Waals surface area contributed by atoms with Gasteiger partial charge >= 0.3 is 12.1 Å². The highest BCUT2D eigenvalue weighted by molar-refractivity contribution is 5.91. The standard InChI is InChI=1S/C17H13F3O3/c18-17(19,20)14-3-1-2-4-15(14)23-16(21)12-6-5-11-7-8-22-10-13(11)9-12/h1-6,9H,7-8,10H2. The van der Waals surface area contributed by atoms with Crippen molar-refractivity contribution < 1.29 is 27.4 Å². The molecule has 6 heteroatoms. The van der Waals surface area contributed by atoms with Gasteiger partial charge in [-0.3, -0.25) is 0 Å². The second-order valence-electron chi connectivity index (χ2n) is 5.17. The first-order chi connectivity index (χ1) is 10.9. The maximum Gasteiger partial charge on any atom is 0.419 e. The zero-order valence-corrected chi connectivity index (χ0v) is 12.0. The highest BCUT2D eigenvalue weighted by atomic mass is 19.4. The lowest BCUT2D eigenvalue weighted by atomic mass is 10.0. The summed E-state index contributed by atoms with van der Waals surface area (Å²) >= 11 is 0. The summed E-state index contributed by atoms with van der Waals surface area (Å²) in [6.45, 7) is 1.01. The number of hydrogen-bond donors (Lipinski definition) is 0. The Hall–Kier alpha value is -2.34. The molecule has 0 N–H and O–H groups in total. The van der Waals surface area contributed by atoms with Gasteiger partial charge in [0.2, 0.25) is 0 Å². The smallest absolute Gasteiger partial charge is 0.419 e. The third kappa shape index (κ3) is 3.37. The number of rotatable bonds is 2. The molecule has 1 aliphatic rings. The molecule has 3 rings (SSSR count).